The molecule has 6 heteroatoms. The number of benzene rings is 1. The van der Waals surface area contributed by atoms with Gasteiger partial charge in [-0.25, -0.2) is 0 Å². The van der Waals surface area contributed by atoms with Gasteiger partial charge in [0, 0.05) is 0 Å². The summed E-state index contributed by atoms with van der Waals surface area (Å²) in [5.41, 5.74) is -0.923. The second-order valence-electron chi connectivity index (χ2n) is 2.03. The minimum Gasteiger partial charge on any atom is -0.179 e. The molecule has 0 aliphatic rings. The van der Waals surface area contributed by atoms with Crippen molar-refractivity contribution in [1.82, 2.24) is 0 Å². The average molecular weight is 221 g/mol. The van der Waals surface area contributed by atoms with E-state index in [-0.39, 0.29) is 23.9 Å². The Morgan fingerprint density at radius 1 is 1.15 bits per heavy atom. The van der Waals surface area contributed by atoms with E-state index in [2.05, 4.69) is 6.07 Å². The van der Waals surface area contributed by atoms with Crippen LogP contribution in [0.3, 0.4) is 0 Å². The van der Waals surface area contributed by atoms with Crippen LogP contribution in [-0.2, 0) is 6.18 Å². The molecule has 0 nitrogen and oxygen atoms in total. The Bertz CT molecular complexity index is 298. The van der Waals surface area contributed by atoms with E-state index in [1.165, 1.54) is 0 Å². The summed E-state index contributed by atoms with van der Waals surface area (Å²) in [6.45, 7) is 0. The van der Waals surface area contributed by atoms with Crippen molar-refractivity contribution >= 4 is 23.2 Å². The van der Waals surface area contributed by atoms with Gasteiger partial charge >= 0.3 is 25.0 Å². The van der Waals surface area contributed by atoms with Gasteiger partial charge in [0.1, 0.15) is 0 Å². The minimum absolute atomic E-state index is 0. The van der Waals surface area contributed by atoms with Crippen molar-refractivity contribution < 1.29 is 32.0 Å². The summed E-state index contributed by atoms with van der Waals surface area (Å²) in [7, 11) is 0. The third-order valence-corrected chi connectivity index (χ3v) is 1.69. The van der Waals surface area contributed by atoms with Crippen molar-refractivity contribution in [2.75, 3.05) is 0 Å². The summed E-state index contributed by atoms with van der Waals surface area (Å²) in [6, 6.07) is 4.07. The van der Waals surface area contributed by atoms with Crippen LogP contribution in [-0.4, -0.2) is 0 Å². The van der Waals surface area contributed by atoms with Gasteiger partial charge in [0.15, 0.2) is 0 Å². The molecule has 0 saturated heterocycles. The molecule has 0 aliphatic heterocycles. The molecule has 0 N–H and O–H groups in total. The third kappa shape index (κ3) is 3.44. The van der Waals surface area contributed by atoms with Gasteiger partial charge in [-0.3, -0.25) is 0 Å². The summed E-state index contributed by atoms with van der Waals surface area (Å²) in [5.74, 6) is 0. The van der Waals surface area contributed by atoms with Crippen molar-refractivity contribution in [3.63, 3.8) is 0 Å². The molecule has 0 amide bonds. The summed E-state index contributed by atoms with van der Waals surface area (Å²) >= 11 is 10.6. The second kappa shape index (κ2) is 4.61. The fourth-order valence-electron chi connectivity index (χ4n) is 0.662. The van der Waals surface area contributed by atoms with Crippen LogP contribution >= 0.6 is 23.2 Å². The first-order valence-electron chi connectivity index (χ1n) is 2.86. The molecule has 0 fully saturated rings. The largest absolute Gasteiger partial charge is 1.00 e. The SMILES string of the molecule is FC(F)(F)c1ccc(Cl)[c-]c1Cl.[Li+]. The maximum atomic E-state index is 12.0. The Labute approximate surface area is 95.2 Å². The molecule has 1 rings (SSSR count). The van der Waals surface area contributed by atoms with Crippen molar-refractivity contribution in [2.24, 2.45) is 0 Å². The summed E-state index contributed by atoms with van der Waals surface area (Å²) < 4.78 is 36.1. The van der Waals surface area contributed by atoms with E-state index in [9.17, 15) is 13.2 Å². The van der Waals surface area contributed by atoms with Gasteiger partial charge in [0.25, 0.3) is 0 Å². The quantitative estimate of drug-likeness (QED) is 0.449. The second-order valence-corrected chi connectivity index (χ2v) is 2.82. The fraction of sp³-hybridized carbons (Fsp3) is 0.143. The fourth-order valence-corrected chi connectivity index (χ4v) is 1.14. The van der Waals surface area contributed by atoms with Crippen LogP contribution in [0.2, 0.25) is 10.0 Å². The van der Waals surface area contributed by atoms with Crippen molar-refractivity contribution in [3.05, 3.63) is 33.8 Å². The van der Waals surface area contributed by atoms with Gasteiger partial charge in [0.2, 0.25) is 0 Å². The molecule has 0 aromatic heterocycles. The number of hydrogen-bond acceptors (Lipinski definition) is 0. The molecule has 1 aromatic rings. The van der Waals surface area contributed by atoms with Crippen LogP contribution in [0.15, 0.2) is 12.1 Å². The molecule has 13 heavy (non-hydrogen) atoms. The zero-order chi connectivity index (χ0) is 9.35. The molecular formula is C7H2Cl2F3Li. The topological polar surface area (TPSA) is 0 Å². The molecule has 0 bridgehead atoms. The van der Waals surface area contributed by atoms with E-state index in [0.717, 1.165) is 12.1 Å². The average Bonchev–Trinajstić information content (AvgIpc) is 1.83. The van der Waals surface area contributed by atoms with Crippen LogP contribution in [0.4, 0.5) is 13.2 Å². The molecule has 0 aliphatic carbocycles. The normalized spacial score (nSPS) is 10.8. The maximum Gasteiger partial charge on any atom is 1.00 e. The molecule has 0 unspecified atom stereocenters. The molecule has 0 heterocycles. The predicted octanol–water partition coefficient (Wildman–Crippen LogP) is 0.816. The van der Waals surface area contributed by atoms with Crippen LogP contribution < -0.4 is 18.9 Å². The molecular weight excluding hydrogens is 219 g/mol. The smallest absolute Gasteiger partial charge is 0.179 e. The Morgan fingerprint density at radius 3 is 2.08 bits per heavy atom. The van der Waals surface area contributed by atoms with Crippen LogP contribution in [0, 0.1) is 6.07 Å². The standard InChI is InChI=1S/C7H2Cl2F3.Li/c8-4-1-2-5(6(9)3-4)7(10,11)12;/h1-2H;/q-1;+1. The van der Waals surface area contributed by atoms with E-state index >= 15 is 0 Å². The Hall–Kier alpha value is 0.187. The van der Waals surface area contributed by atoms with Crippen LogP contribution in [0.5, 0.6) is 0 Å². The first-order valence-corrected chi connectivity index (χ1v) is 3.61. The number of hydrogen-bond donors (Lipinski definition) is 0. The monoisotopic (exact) mass is 220 g/mol. The molecule has 66 valence electrons. The van der Waals surface area contributed by atoms with Gasteiger partial charge in [-0.2, -0.15) is 25.3 Å². The van der Waals surface area contributed by atoms with Crippen molar-refractivity contribution in [2.45, 2.75) is 6.18 Å². The van der Waals surface area contributed by atoms with Gasteiger partial charge in [-0.05, 0) is 5.56 Å². The molecule has 0 spiro atoms. The molecule has 0 radical (unpaired) electrons. The number of rotatable bonds is 0. The maximum absolute atomic E-state index is 12.0. The van der Waals surface area contributed by atoms with Gasteiger partial charge in [0.05, 0.1) is 0 Å². The summed E-state index contributed by atoms with van der Waals surface area (Å²) in [4.78, 5) is 0. The number of alkyl halides is 3. The van der Waals surface area contributed by atoms with Gasteiger partial charge in [-0.15, -0.1) is 29.3 Å². The van der Waals surface area contributed by atoms with Crippen LogP contribution in [0.1, 0.15) is 5.56 Å². The van der Waals surface area contributed by atoms with Gasteiger partial charge in [-0.1, -0.05) is 10.0 Å². The molecule has 0 atom stereocenters. The van der Waals surface area contributed by atoms with Crippen LogP contribution in [0.25, 0.3) is 0 Å². The Morgan fingerprint density at radius 2 is 1.69 bits per heavy atom. The summed E-state index contributed by atoms with van der Waals surface area (Å²) in [5, 5.41) is -0.442. The van der Waals surface area contributed by atoms with Crippen molar-refractivity contribution in [1.29, 1.82) is 0 Å². The first-order chi connectivity index (χ1) is 5.41. The number of halogens is 5. The zero-order valence-corrected chi connectivity index (χ0v) is 8.06. The predicted molar refractivity (Wildman–Crippen MR) is 40.3 cm³/mol. The molecule has 0 saturated carbocycles. The van der Waals surface area contributed by atoms with E-state index in [1.54, 1.807) is 0 Å². The third-order valence-electron chi connectivity index (χ3n) is 1.17. The Kier molecular flexibility index (Phi) is 4.68. The first kappa shape index (κ1) is 13.2. The Balaban J connectivity index is 0.00000144. The van der Waals surface area contributed by atoms with Gasteiger partial charge < -0.3 is 0 Å². The minimum atomic E-state index is -4.45. The van der Waals surface area contributed by atoms with E-state index in [1.807, 2.05) is 0 Å². The summed E-state index contributed by atoms with van der Waals surface area (Å²) in [6.07, 6.45) is -4.45. The molecule has 1 aromatic carbocycles. The van der Waals surface area contributed by atoms with E-state index in [0.29, 0.717) is 0 Å². The zero-order valence-electron chi connectivity index (χ0n) is 6.54. The van der Waals surface area contributed by atoms with E-state index < -0.39 is 16.8 Å². The van der Waals surface area contributed by atoms with E-state index in [4.69, 9.17) is 23.2 Å². The van der Waals surface area contributed by atoms with Crippen molar-refractivity contribution in [3.8, 4) is 0 Å².